The molecule has 4 N–H and O–H groups in total. The van der Waals surface area contributed by atoms with Crippen LogP contribution in [0.1, 0.15) is 10.5 Å². The highest BCUT2D eigenvalue weighted by atomic mass is 35.5. The predicted octanol–water partition coefficient (Wildman–Crippen LogP) is 2.50. The highest BCUT2D eigenvalue weighted by Gasteiger charge is 2.20. The molecule has 0 atom stereocenters. The van der Waals surface area contributed by atoms with Crippen LogP contribution in [0.5, 0.6) is 5.75 Å². The summed E-state index contributed by atoms with van der Waals surface area (Å²) in [4.78, 5) is 15.7. The number of nitrogens with two attached hydrogens (primary N) is 2. The number of halogens is 2. The lowest BCUT2D eigenvalue weighted by molar-refractivity contribution is 0.0595. The van der Waals surface area contributed by atoms with Crippen molar-refractivity contribution in [3.05, 3.63) is 34.7 Å². The zero-order valence-electron chi connectivity index (χ0n) is 11.8. The second-order valence-corrected chi connectivity index (χ2v) is 4.70. The smallest absolute Gasteiger partial charge is 0.358 e. The Morgan fingerprint density at radius 2 is 2.00 bits per heavy atom. The molecule has 0 saturated heterocycles. The number of pyridine rings is 1. The molecule has 22 heavy (non-hydrogen) atoms. The first-order valence-corrected chi connectivity index (χ1v) is 6.45. The Morgan fingerprint density at radius 3 is 2.59 bits per heavy atom. The molecule has 1 heterocycles. The number of carbonyl (C=O) groups excluding carboxylic acids is 1. The minimum Gasteiger partial charge on any atom is -0.492 e. The van der Waals surface area contributed by atoms with Crippen LogP contribution >= 0.6 is 11.6 Å². The summed E-state index contributed by atoms with van der Waals surface area (Å²) in [6, 6.07) is 4.21. The molecule has 1 aromatic carbocycles. The van der Waals surface area contributed by atoms with Crippen LogP contribution in [0.2, 0.25) is 5.02 Å². The van der Waals surface area contributed by atoms with Gasteiger partial charge < -0.3 is 20.9 Å². The second kappa shape index (κ2) is 6.07. The zero-order valence-corrected chi connectivity index (χ0v) is 12.6. The number of anilines is 2. The van der Waals surface area contributed by atoms with Gasteiger partial charge in [0.05, 0.1) is 36.3 Å². The van der Waals surface area contributed by atoms with Crippen molar-refractivity contribution in [1.82, 2.24) is 4.98 Å². The summed E-state index contributed by atoms with van der Waals surface area (Å²) in [7, 11) is 2.47. The summed E-state index contributed by atoms with van der Waals surface area (Å²) in [5.41, 5.74) is 11.5. The Hall–Kier alpha value is -2.54. The zero-order chi connectivity index (χ0) is 16.4. The van der Waals surface area contributed by atoms with E-state index in [0.29, 0.717) is 0 Å². The normalized spacial score (nSPS) is 10.4. The van der Waals surface area contributed by atoms with Crippen molar-refractivity contribution in [3.63, 3.8) is 0 Å². The van der Waals surface area contributed by atoms with Gasteiger partial charge in [0.25, 0.3) is 0 Å². The van der Waals surface area contributed by atoms with Crippen molar-refractivity contribution in [2.45, 2.75) is 0 Å². The van der Waals surface area contributed by atoms with E-state index in [9.17, 15) is 9.18 Å². The molecule has 0 aliphatic carbocycles. The summed E-state index contributed by atoms with van der Waals surface area (Å²) in [5.74, 6) is -1.62. The van der Waals surface area contributed by atoms with E-state index < -0.39 is 11.8 Å². The molecule has 1 aromatic heterocycles. The summed E-state index contributed by atoms with van der Waals surface area (Å²) < 4.78 is 23.9. The van der Waals surface area contributed by atoms with E-state index >= 15 is 0 Å². The molecule has 116 valence electrons. The van der Waals surface area contributed by atoms with E-state index in [-0.39, 0.29) is 39.1 Å². The third kappa shape index (κ3) is 2.62. The molecule has 0 aliphatic rings. The van der Waals surface area contributed by atoms with Crippen molar-refractivity contribution >= 4 is 28.9 Å². The lowest BCUT2D eigenvalue weighted by Gasteiger charge is -2.12. The molecule has 0 radical (unpaired) electrons. The van der Waals surface area contributed by atoms with Gasteiger partial charge >= 0.3 is 5.97 Å². The number of benzene rings is 1. The van der Waals surface area contributed by atoms with Gasteiger partial charge in [-0.2, -0.15) is 0 Å². The first-order chi connectivity index (χ1) is 10.4. The second-order valence-electron chi connectivity index (χ2n) is 4.29. The SMILES string of the molecule is COC(=O)c1nc(-c2ccc(Cl)c(OC)c2F)cc(N)c1N. The molecule has 0 spiro atoms. The number of hydrogen-bond acceptors (Lipinski definition) is 6. The van der Waals surface area contributed by atoms with Crippen molar-refractivity contribution in [3.8, 4) is 17.0 Å². The first kappa shape index (κ1) is 15.8. The minimum absolute atomic E-state index is 0.0306. The Balaban J connectivity index is 2.69. The number of nitrogens with zero attached hydrogens (tertiary/aromatic N) is 1. The molecule has 8 heteroatoms. The van der Waals surface area contributed by atoms with Gasteiger partial charge in [-0.15, -0.1) is 0 Å². The third-order valence-corrected chi connectivity index (χ3v) is 3.30. The van der Waals surface area contributed by atoms with Gasteiger partial charge in [0.1, 0.15) is 0 Å². The maximum atomic E-state index is 14.4. The summed E-state index contributed by atoms with van der Waals surface area (Å²) in [6.45, 7) is 0. The number of esters is 1. The van der Waals surface area contributed by atoms with E-state index in [1.165, 1.54) is 32.4 Å². The lowest BCUT2D eigenvalue weighted by atomic mass is 10.1. The summed E-state index contributed by atoms with van der Waals surface area (Å²) >= 11 is 5.85. The predicted molar refractivity (Wildman–Crippen MR) is 81.4 cm³/mol. The average Bonchev–Trinajstić information content (AvgIpc) is 2.50. The number of aromatic nitrogens is 1. The average molecular weight is 326 g/mol. The molecule has 0 fully saturated rings. The number of carbonyl (C=O) groups is 1. The molecule has 0 amide bonds. The Bertz CT molecular complexity index is 753. The molecule has 2 aromatic rings. The van der Waals surface area contributed by atoms with Gasteiger partial charge in [-0.1, -0.05) is 11.6 Å². The van der Waals surface area contributed by atoms with E-state index in [1.807, 2.05) is 0 Å². The van der Waals surface area contributed by atoms with Gasteiger partial charge in [0, 0.05) is 5.56 Å². The monoisotopic (exact) mass is 325 g/mol. The maximum Gasteiger partial charge on any atom is 0.358 e. The standard InChI is InChI=1S/C14H13ClFN3O3/c1-21-13-7(15)4-3-6(10(13)16)9-5-8(17)11(18)12(19-9)14(20)22-2/h3-5H,18H2,1-2H3,(H2,17,19). The number of methoxy groups -OCH3 is 2. The number of nitrogen functional groups attached to an aromatic ring is 2. The van der Waals surface area contributed by atoms with E-state index in [1.54, 1.807) is 0 Å². The molecule has 6 nitrogen and oxygen atoms in total. The van der Waals surface area contributed by atoms with Gasteiger partial charge in [-0.05, 0) is 18.2 Å². The summed E-state index contributed by atoms with van der Waals surface area (Å²) in [5, 5.41) is 0.111. The molecular weight excluding hydrogens is 313 g/mol. The molecular formula is C14H13ClFN3O3. The molecule has 0 unspecified atom stereocenters. The van der Waals surface area contributed by atoms with Crippen LogP contribution in [-0.2, 0) is 4.74 Å². The Morgan fingerprint density at radius 1 is 1.32 bits per heavy atom. The topological polar surface area (TPSA) is 100 Å². The van der Waals surface area contributed by atoms with E-state index in [2.05, 4.69) is 9.72 Å². The Kier molecular flexibility index (Phi) is 4.37. The van der Waals surface area contributed by atoms with Crippen LogP contribution in [0, 0.1) is 5.82 Å². The highest BCUT2D eigenvalue weighted by Crippen LogP contribution is 2.35. The number of ether oxygens (including phenoxy) is 2. The van der Waals surface area contributed by atoms with Crippen LogP contribution < -0.4 is 16.2 Å². The van der Waals surface area contributed by atoms with Crippen LogP contribution in [0.25, 0.3) is 11.3 Å². The third-order valence-electron chi connectivity index (χ3n) is 3.00. The quantitative estimate of drug-likeness (QED) is 0.841. The maximum absolute atomic E-state index is 14.4. The lowest BCUT2D eigenvalue weighted by Crippen LogP contribution is -2.11. The van der Waals surface area contributed by atoms with Crippen molar-refractivity contribution < 1.29 is 18.7 Å². The van der Waals surface area contributed by atoms with Crippen LogP contribution in [0.15, 0.2) is 18.2 Å². The van der Waals surface area contributed by atoms with Gasteiger partial charge in [0.2, 0.25) is 0 Å². The van der Waals surface area contributed by atoms with Gasteiger partial charge in [-0.25, -0.2) is 14.2 Å². The number of rotatable bonds is 3. The van der Waals surface area contributed by atoms with Crippen molar-refractivity contribution in [2.24, 2.45) is 0 Å². The van der Waals surface area contributed by atoms with E-state index in [0.717, 1.165) is 0 Å². The van der Waals surface area contributed by atoms with E-state index in [4.69, 9.17) is 27.8 Å². The highest BCUT2D eigenvalue weighted by molar-refractivity contribution is 6.32. The van der Waals surface area contributed by atoms with Crippen molar-refractivity contribution in [2.75, 3.05) is 25.7 Å². The molecule has 0 aliphatic heterocycles. The molecule has 0 saturated carbocycles. The number of hydrogen-bond donors (Lipinski definition) is 2. The molecule has 0 bridgehead atoms. The van der Waals surface area contributed by atoms with Crippen LogP contribution in [-0.4, -0.2) is 25.2 Å². The van der Waals surface area contributed by atoms with Crippen LogP contribution in [0.4, 0.5) is 15.8 Å². The van der Waals surface area contributed by atoms with Gasteiger partial charge in [0.15, 0.2) is 17.3 Å². The molecule has 2 rings (SSSR count). The first-order valence-electron chi connectivity index (χ1n) is 6.07. The summed E-state index contributed by atoms with van der Waals surface area (Å²) in [6.07, 6.45) is 0. The minimum atomic E-state index is -0.771. The fourth-order valence-corrected chi connectivity index (χ4v) is 2.11. The fourth-order valence-electron chi connectivity index (χ4n) is 1.88. The Labute approximate surface area is 130 Å². The van der Waals surface area contributed by atoms with Crippen molar-refractivity contribution in [1.29, 1.82) is 0 Å². The fraction of sp³-hybridized carbons (Fsp3) is 0.143. The largest absolute Gasteiger partial charge is 0.492 e. The van der Waals surface area contributed by atoms with Gasteiger partial charge in [-0.3, -0.25) is 0 Å². The van der Waals surface area contributed by atoms with Crippen LogP contribution in [0.3, 0.4) is 0 Å².